The van der Waals surface area contributed by atoms with Crippen LogP contribution in [0.4, 0.5) is 5.13 Å². The van der Waals surface area contributed by atoms with E-state index in [0.717, 1.165) is 43.4 Å². The average Bonchev–Trinajstić information content (AvgIpc) is 3.24. The number of nitrogens with zero attached hydrogens (tertiary/aromatic N) is 6. The van der Waals surface area contributed by atoms with E-state index < -0.39 is 0 Å². The first-order valence-electron chi connectivity index (χ1n) is 8.06. The zero-order chi connectivity index (χ0) is 17.1. The second kappa shape index (κ2) is 7.27. The van der Waals surface area contributed by atoms with Crippen LogP contribution >= 0.6 is 11.5 Å². The van der Waals surface area contributed by atoms with E-state index in [1.165, 1.54) is 11.5 Å². The molecule has 2 aromatic rings. The molecule has 0 radical (unpaired) electrons. The minimum atomic E-state index is -0.149. The van der Waals surface area contributed by atoms with Crippen molar-refractivity contribution in [2.75, 3.05) is 39.1 Å². The minimum Gasteiger partial charge on any atom is -0.354 e. The van der Waals surface area contributed by atoms with Crippen LogP contribution in [-0.2, 0) is 6.54 Å². The fourth-order valence-corrected chi connectivity index (χ4v) is 3.47. The summed E-state index contributed by atoms with van der Waals surface area (Å²) in [5, 5.41) is 7.95. The van der Waals surface area contributed by atoms with E-state index in [2.05, 4.69) is 24.7 Å². The molecule has 3 rings (SSSR count). The lowest BCUT2D eigenvalue weighted by Gasteiger charge is -2.32. The Hall–Kier alpha value is -2.00. The average molecular weight is 349 g/mol. The smallest absolute Gasteiger partial charge is 0.271 e. The number of hydrogen-bond acceptors (Lipinski definition) is 7. The van der Waals surface area contributed by atoms with Gasteiger partial charge in [-0.25, -0.2) is 4.98 Å². The summed E-state index contributed by atoms with van der Waals surface area (Å²) in [5.74, 6) is 0.722. The highest BCUT2D eigenvalue weighted by Crippen LogP contribution is 2.23. The highest BCUT2D eigenvalue weighted by atomic mass is 32.1. The van der Waals surface area contributed by atoms with Gasteiger partial charge < -0.3 is 10.2 Å². The maximum Gasteiger partial charge on any atom is 0.271 e. The first kappa shape index (κ1) is 16.8. The molecule has 0 bridgehead atoms. The monoisotopic (exact) mass is 349 g/mol. The molecule has 130 valence electrons. The topological polar surface area (TPSA) is 79.2 Å². The van der Waals surface area contributed by atoms with E-state index in [0.29, 0.717) is 5.69 Å². The molecule has 1 N–H and O–H groups in total. The van der Waals surface area contributed by atoms with Crippen molar-refractivity contribution in [1.29, 1.82) is 0 Å². The number of piperidine rings is 1. The molecule has 24 heavy (non-hydrogen) atoms. The highest BCUT2D eigenvalue weighted by molar-refractivity contribution is 7.09. The standard InChI is InChI=1S/C15H23N7OS/c1-16-14(23)12-6-8-22(18-12)11-5-4-7-21(9-11)10-13-17-15(20(2)3)24-19-13/h6,8,11H,4-5,7,9-10H2,1-3H3,(H,16,23). The Morgan fingerprint density at radius 3 is 3.04 bits per heavy atom. The van der Waals surface area contributed by atoms with Crippen molar-refractivity contribution in [3.63, 3.8) is 0 Å². The van der Waals surface area contributed by atoms with Crippen LogP contribution in [-0.4, -0.2) is 64.2 Å². The third-order valence-corrected chi connectivity index (χ3v) is 5.05. The summed E-state index contributed by atoms with van der Waals surface area (Å²) in [5.41, 5.74) is 0.464. The predicted molar refractivity (Wildman–Crippen MR) is 93.4 cm³/mol. The van der Waals surface area contributed by atoms with E-state index in [9.17, 15) is 4.79 Å². The Morgan fingerprint density at radius 2 is 2.33 bits per heavy atom. The summed E-state index contributed by atoms with van der Waals surface area (Å²) in [7, 11) is 5.57. The first-order valence-corrected chi connectivity index (χ1v) is 8.83. The van der Waals surface area contributed by atoms with E-state index in [-0.39, 0.29) is 11.9 Å². The Kier molecular flexibility index (Phi) is 5.10. The van der Waals surface area contributed by atoms with Crippen molar-refractivity contribution in [3.05, 3.63) is 23.8 Å². The summed E-state index contributed by atoms with van der Waals surface area (Å²) in [6.45, 7) is 2.69. The van der Waals surface area contributed by atoms with Crippen LogP contribution in [0, 0.1) is 0 Å². The Labute approximate surface area is 145 Å². The number of aromatic nitrogens is 4. The molecule has 1 aliphatic heterocycles. The van der Waals surface area contributed by atoms with Gasteiger partial charge in [0.1, 0.15) is 5.69 Å². The van der Waals surface area contributed by atoms with E-state index in [1.807, 2.05) is 29.9 Å². The summed E-state index contributed by atoms with van der Waals surface area (Å²) in [4.78, 5) is 20.5. The third kappa shape index (κ3) is 3.73. The van der Waals surface area contributed by atoms with Gasteiger partial charge in [-0.2, -0.15) is 9.47 Å². The molecule has 1 atom stereocenters. The van der Waals surface area contributed by atoms with Crippen molar-refractivity contribution in [2.24, 2.45) is 0 Å². The quantitative estimate of drug-likeness (QED) is 0.867. The SMILES string of the molecule is CNC(=O)c1ccn(C2CCCN(Cc3nsc(N(C)C)n3)C2)n1. The lowest BCUT2D eigenvalue weighted by molar-refractivity contribution is 0.0955. The molecule has 0 spiro atoms. The molecule has 1 saturated heterocycles. The molecule has 2 aromatic heterocycles. The van der Waals surface area contributed by atoms with Crippen LogP contribution in [0.1, 0.15) is 35.2 Å². The predicted octanol–water partition coefficient (Wildman–Crippen LogP) is 0.997. The number of carbonyl (C=O) groups excluding carboxylic acids is 1. The molecule has 3 heterocycles. The van der Waals surface area contributed by atoms with Crippen LogP contribution in [0.25, 0.3) is 0 Å². The second-order valence-corrected chi connectivity index (χ2v) is 6.91. The van der Waals surface area contributed by atoms with Gasteiger partial charge in [0.2, 0.25) is 5.13 Å². The summed E-state index contributed by atoms with van der Waals surface area (Å²) in [6, 6.07) is 2.05. The van der Waals surface area contributed by atoms with Crippen molar-refractivity contribution in [3.8, 4) is 0 Å². The highest BCUT2D eigenvalue weighted by Gasteiger charge is 2.23. The van der Waals surface area contributed by atoms with Crippen molar-refractivity contribution in [1.82, 2.24) is 29.4 Å². The van der Waals surface area contributed by atoms with E-state index in [1.54, 1.807) is 13.1 Å². The van der Waals surface area contributed by atoms with E-state index >= 15 is 0 Å². The van der Waals surface area contributed by atoms with Gasteiger partial charge in [-0.3, -0.25) is 14.4 Å². The first-order chi connectivity index (χ1) is 11.6. The van der Waals surface area contributed by atoms with Crippen LogP contribution in [0.3, 0.4) is 0 Å². The molecular formula is C15H23N7OS. The normalized spacial score (nSPS) is 18.5. The molecule has 8 nitrogen and oxygen atoms in total. The summed E-state index contributed by atoms with van der Waals surface area (Å²) >= 11 is 1.43. The van der Waals surface area contributed by atoms with Gasteiger partial charge >= 0.3 is 0 Å². The zero-order valence-corrected chi connectivity index (χ0v) is 15.1. The van der Waals surface area contributed by atoms with Gasteiger partial charge in [0, 0.05) is 45.4 Å². The van der Waals surface area contributed by atoms with Crippen molar-refractivity contribution < 1.29 is 4.79 Å². The third-order valence-electron chi connectivity index (χ3n) is 4.13. The number of rotatable bonds is 5. The molecule has 1 fully saturated rings. The molecule has 1 amide bonds. The number of carbonyl (C=O) groups is 1. The van der Waals surface area contributed by atoms with Crippen LogP contribution in [0.2, 0.25) is 0 Å². The minimum absolute atomic E-state index is 0.149. The number of likely N-dealkylation sites (tertiary alicyclic amines) is 1. The molecule has 0 aromatic carbocycles. The second-order valence-electron chi connectivity index (χ2n) is 6.18. The molecular weight excluding hydrogens is 326 g/mol. The lowest BCUT2D eigenvalue weighted by atomic mass is 10.1. The summed E-state index contributed by atoms with van der Waals surface area (Å²) in [6.07, 6.45) is 4.06. The Balaban J connectivity index is 1.63. The van der Waals surface area contributed by atoms with Crippen molar-refractivity contribution >= 4 is 22.6 Å². The fraction of sp³-hybridized carbons (Fsp3) is 0.600. The number of nitrogens with one attached hydrogen (secondary N) is 1. The van der Waals surface area contributed by atoms with E-state index in [4.69, 9.17) is 0 Å². The fourth-order valence-electron chi connectivity index (χ4n) is 2.87. The van der Waals surface area contributed by atoms with Gasteiger partial charge in [-0.05, 0) is 25.5 Å². The number of hydrogen-bond donors (Lipinski definition) is 1. The largest absolute Gasteiger partial charge is 0.354 e. The van der Waals surface area contributed by atoms with Gasteiger partial charge in [0.15, 0.2) is 5.82 Å². The van der Waals surface area contributed by atoms with Gasteiger partial charge in [-0.15, -0.1) is 0 Å². The number of amides is 1. The van der Waals surface area contributed by atoms with Crippen LogP contribution < -0.4 is 10.2 Å². The maximum atomic E-state index is 11.7. The Bertz CT molecular complexity index is 696. The lowest BCUT2D eigenvalue weighted by Crippen LogP contribution is -2.36. The Morgan fingerprint density at radius 1 is 1.50 bits per heavy atom. The molecule has 0 aliphatic carbocycles. The zero-order valence-electron chi connectivity index (χ0n) is 14.3. The van der Waals surface area contributed by atoms with Gasteiger partial charge in [0.05, 0.1) is 12.6 Å². The molecule has 1 unspecified atom stereocenters. The van der Waals surface area contributed by atoms with Crippen LogP contribution in [0.15, 0.2) is 12.3 Å². The maximum absolute atomic E-state index is 11.7. The van der Waals surface area contributed by atoms with Crippen molar-refractivity contribution in [2.45, 2.75) is 25.4 Å². The van der Waals surface area contributed by atoms with Gasteiger partial charge in [0.25, 0.3) is 5.91 Å². The summed E-state index contributed by atoms with van der Waals surface area (Å²) < 4.78 is 6.35. The van der Waals surface area contributed by atoms with Crippen LogP contribution in [0.5, 0.6) is 0 Å². The van der Waals surface area contributed by atoms with Gasteiger partial charge in [-0.1, -0.05) is 0 Å². The molecule has 9 heteroatoms. The number of anilines is 1. The molecule has 0 saturated carbocycles. The molecule has 1 aliphatic rings.